The molecule has 4 aromatic rings. The van der Waals surface area contributed by atoms with Crippen LogP contribution in [0, 0.1) is 0 Å². The van der Waals surface area contributed by atoms with E-state index in [-0.39, 0.29) is 17.3 Å². The highest BCUT2D eigenvalue weighted by Gasteiger charge is 2.12. The summed E-state index contributed by atoms with van der Waals surface area (Å²) in [6.45, 7) is 0. The van der Waals surface area contributed by atoms with Crippen molar-refractivity contribution in [3.05, 3.63) is 54.6 Å². The number of para-hydroxylation sites is 1. The number of H-pyrrole nitrogens is 1. The zero-order valence-corrected chi connectivity index (χ0v) is 15.5. The Morgan fingerprint density at radius 1 is 1.11 bits per heavy atom. The van der Waals surface area contributed by atoms with Crippen molar-refractivity contribution in [2.45, 2.75) is 4.34 Å². The highest BCUT2D eigenvalue weighted by Crippen LogP contribution is 2.35. The van der Waals surface area contributed by atoms with Crippen LogP contribution in [0.1, 0.15) is 0 Å². The van der Waals surface area contributed by atoms with Crippen molar-refractivity contribution < 1.29 is 9.90 Å². The van der Waals surface area contributed by atoms with Gasteiger partial charge in [-0.1, -0.05) is 71.6 Å². The zero-order chi connectivity index (χ0) is 18.6. The molecule has 0 fully saturated rings. The van der Waals surface area contributed by atoms with Crippen molar-refractivity contribution in [2.75, 3.05) is 5.75 Å². The molecule has 0 aliphatic heterocycles. The number of nitrogens with zero attached hydrogens (tertiary/aromatic N) is 4. The van der Waals surface area contributed by atoms with Crippen LogP contribution in [-0.2, 0) is 4.79 Å². The van der Waals surface area contributed by atoms with Gasteiger partial charge < -0.3 is 10.1 Å². The molecule has 2 aromatic heterocycles. The molecule has 2 aromatic carbocycles. The van der Waals surface area contributed by atoms with E-state index in [2.05, 4.69) is 25.4 Å². The minimum Gasteiger partial charge on any atom is -0.493 e. The van der Waals surface area contributed by atoms with Gasteiger partial charge in [0.1, 0.15) is 5.01 Å². The highest BCUT2D eigenvalue weighted by atomic mass is 32.2. The van der Waals surface area contributed by atoms with E-state index < -0.39 is 5.91 Å². The van der Waals surface area contributed by atoms with Gasteiger partial charge in [-0.25, -0.2) is 0 Å². The van der Waals surface area contributed by atoms with Gasteiger partial charge in [-0.05, 0) is 6.07 Å². The average Bonchev–Trinajstić information content (AvgIpc) is 3.29. The first-order chi connectivity index (χ1) is 13.2. The van der Waals surface area contributed by atoms with Crippen LogP contribution in [0.15, 0.2) is 69.2 Å². The van der Waals surface area contributed by atoms with Crippen LogP contribution in [0.2, 0.25) is 0 Å². The molecule has 0 radical (unpaired) electrons. The molecular weight excluding hydrogens is 382 g/mol. The van der Waals surface area contributed by atoms with Gasteiger partial charge in [0.05, 0.1) is 11.3 Å². The van der Waals surface area contributed by atoms with Crippen molar-refractivity contribution in [1.29, 1.82) is 0 Å². The second-order valence-corrected chi connectivity index (χ2v) is 7.69. The van der Waals surface area contributed by atoms with Gasteiger partial charge in [-0.3, -0.25) is 4.79 Å². The average molecular weight is 395 g/mol. The number of benzene rings is 2. The molecule has 134 valence electrons. The molecule has 0 unspecified atom stereocenters. The quantitative estimate of drug-likeness (QED) is 0.373. The number of aromatic amines is 1. The predicted octanol–water partition coefficient (Wildman–Crippen LogP) is 4.79. The fourth-order valence-electron chi connectivity index (χ4n) is 2.44. The van der Waals surface area contributed by atoms with Gasteiger partial charge in [-0.15, -0.1) is 20.4 Å². The van der Waals surface area contributed by atoms with Crippen LogP contribution in [-0.4, -0.2) is 31.9 Å². The fourth-order valence-corrected chi connectivity index (χ4v) is 4.07. The third-order valence-corrected chi connectivity index (χ3v) is 5.76. The number of aromatic hydroxyl groups is 1. The summed E-state index contributed by atoms with van der Waals surface area (Å²) in [6, 6.07) is 17.0. The number of azo groups is 1. The van der Waals surface area contributed by atoms with Crippen molar-refractivity contribution >= 4 is 45.6 Å². The molecule has 0 saturated heterocycles. The minimum atomic E-state index is -0.416. The van der Waals surface area contributed by atoms with Crippen molar-refractivity contribution in [2.24, 2.45) is 10.2 Å². The highest BCUT2D eigenvalue weighted by molar-refractivity contribution is 8.01. The lowest BCUT2D eigenvalue weighted by molar-refractivity contribution is -0.115. The summed E-state index contributed by atoms with van der Waals surface area (Å²) in [6.07, 6.45) is 0. The van der Waals surface area contributed by atoms with Crippen LogP contribution in [0.5, 0.6) is 5.88 Å². The van der Waals surface area contributed by atoms with E-state index in [4.69, 9.17) is 0 Å². The van der Waals surface area contributed by atoms with Gasteiger partial charge in [-0.2, -0.15) is 0 Å². The number of nitrogens with one attached hydrogen (secondary N) is 1. The Morgan fingerprint density at radius 2 is 1.89 bits per heavy atom. The number of fused-ring (bicyclic) bond motifs is 1. The smallest absolute Gasteiger partial charge is 0.275 e. The van der Waals surface area contributed by atoms with Gasteiger partial charge in [0.25, 0.3) is 5.91 Å². The molecule has 0 atom stereocenters. The molecule has 9 heteroatoms. The molecule has 0 saturated carbocycles. The number of amides is 1. The van der Waals surface area contributed by atoms with Crippen molar-refractivity contribution in [3.8, 4) is 16.5 Å². The van der Waals surface area contributed by atoms with Gasteiger partial charge >= 0.3 is 0 Å². The maximum absolute atomic E-state index is 12.0. The van der Waals surface area contributed by atoms with E-state index in [9.17, 15) is 9.90 Å². The predicted molar refractivity (Wildman–Crippen MR) is 106 cm³/mol. The Morgan fingerprint density at radius 3 is 2.74 bits per heavy atom. The first-order valence-electron chi connectivity index (χ1n) is 7.96. The largest absolute Gasteiger partial charge is 0.493 e. The summed E-state index contributed by atoms with van der Waals surface area (Å²) in [5, 5.41) is 27.3. The van der Waals surface area contributed by atoms with Crippen molar-refractivity contribution in [1.82, 2.24) is 15.2 Å². The molecule has 2 heterocycles. The zero-order valence-electron chi connectivity index (χ0n) is 13.9. The molecule has 7 nitrogen and oxygen atoms in total. The first kappa shape index (κ1) is 17.4. The summed E-state index contributed by atoms with van der Waals surface area (Å²) >= 11 is 2.68. The molecule has 27 heavy (non-hydrogen) atoms. The van der Waals surface area contributed by atoms with Gasteiger partial charge in [0, 0.05) is 10.9 Å². The minimum absolute atomic E-state index is 0.0933. The maximum atomic E-state index is 12.0. The van der Waals surface area contributed by atoms with Crippen molar-refractivity contribution in [3.63, 3.8) is 0 Å². The van der Waals surface area contributed by atoms with E-state index in [1.807, 2.05) is 48.5 Å². The number of carbonyl (C=O) groups excluding carboxylic acids is 1. The topological polar surface area (TPSA) is 104 Å². The Labute approximate surface area is 162 Å². The van der Waals surface area contributed by atoms with E-state index >= 15 is 0 Å². The molecular formula is C18H13N5O2S2. The molecule has 0 aliphatic carbocycles. The van der Waals surface area contributed by atoms with Crippen LogP contribution < -0.4 is 0 Å². The summed E-state index contributed by atoms with van der Waals surface area (Å²) in [4.78, 5) is 14.8. The monoisotopic (exact) mass is 395 g/mol. The van der Waals surface area contributed by atoms with E-state index in [1.165, 1.54) is 23.1 Å². The Balaban J connectivity index is 1.41. The summed E-state index contributed by atoms with van der Waals surface area (Å²) in [7, 11) is 0. The van der Waals surface area contributed by atoms with E-state index in [0.717, 1.165) is 16.1 Å². The number of aromatic nitrogens is 3. The molecule has 0 bridgehead atoms. The van der Waals surface area contributed by atoms with E-state index in [0.29, 0.717) is 9.73 Å². The van der Waals surface area contributed by atoms with Crippen LogP contribution in [0.4, 0.5) is 5.69 Å². The van der Waals surface area contributed by atoms with Crippen LogP contribution in [0.25, 0.3) is 21.5 Å². The lowest BCUT2D eigenvalue weighted by atomic mass is 10.2. The van der Waals surface area contributed by atoms with E-state index in [1.54, 1.807) is 6.07 Å². The third kappa shape index (κ3) is 3.88. The van der Waals surface area contributed by atoms with Crippen LogP contribution >= 0.6 is 23.1 Å². The first-order valence-corrected chi connectivity index (χ1v) is 9.77. The number of carbonyl (C=O) groups is 1. The SMILES string of the molecule is O=C(CSc1nnc(-c2ccccc2)s1)N=Nc1c(O)[nH]c2ccccc12. The number of hydrogen-bond donors (Lipinski definition) is 2. The summed E-state index contributed by atoms with van der Waals surface area (Å²) in [5.41, 5.74) is 1.97. The fraction of sp³-hybridized carbons (Fsp3) is 0.0556. The molecule has 0 spiro atoms. The Hall–Kier alpha value is -3.04. The number of hydrogen-bond acceptors (Lipinski definition) is 7. The van der Waals surface area contributed by atoms with Gasteiger partial charge in [0.2, 0.25) is 5.88 Å². The lowest BCUT2D eigenvalue weighted by Crippen LogP contribution is -1.95. The normalized spacial score (nSPS) is 11.4. The molecule has 1 amide bonds. The number of rotatable bonds is 5. The van der Waals surface area contributed by atoms with Gasteiger partial charge in [0.15, 0.2) is 10.0 Å². The molecule has 2 N–H and O–H groups in total. The summed E-state index contributed by atoms with van der Waals surface area (Å²) in [5.74, 6) is -0.436. The second kappa shape index (κ2) is 7.68. The van der Waals surface area contributed by atoms with Crippen LogP contribution in [0.3, 0.4) is 0 Å². The Bertz CT molecular complexity index is 1120. The third-order valence-electron chi connectivity index (χ3n) is 3.67. The standard InChI is InChI=1S/C18H13N5O2S2/c24-14(20-21-15-12-8-4-5-9-13(12)19-16(15)25)10-26-18-23-22-17(27-18)11-6-2-1-3-7-11/h1-9,19,25H,10H2. The number of thioether (sulfide) groups is 1. The molecule has 0 aliphatic rings. The second-order valence-electron chi connectivity index (χ2n) is 5.49. The summed E-state index contributed by atoms with van der Waals surface area (Å²) < 4.78 is 0.687. The maximum Gasteiger partial charge on any atom is 0.275 e. The lowest BCUT2D eigenvalue weighted by Gasteiger charge is -1.93. The Kier molecular flexibility index (Phi) is 4.95. The molecule has 4 rings (SSSR count).